The van der Waals surface area contributed by atoms with E-state index in [1.165, 1.54) is 0 Å². The fourth-order valence-electron chi connectivity index (χ4n) is 3.63. The fraction of sp³-hybridized carbons (Fsp3) is 0.750. The number of esters is 1. The summed E-state index contributed by atoms with van der Waals surface area (Å²) in [6, 6.07) is 0. The van der Waals surface area contributed by atoms with E-state index in [0.717, 1.165) is 54.1 Å². The lowest BCUT2D eigenvalue weighted by Gasteiger charge is -2.11. The number of thioether (sulfide) groups is 1. The molecule has 0 saturated carbocycles. The average molecular weight is 410 g/mol. The van der Waals surface area contributed by atoms with Gasteiger partial charge in [-0.05, 0) is 37.9 Å². The summed E-state index contributed by atoms with van der Waals surface area (Å²) in [6.45, 7) is 5.04. The summed E-state index contributed by atoms with van der Waals surface area (Å²) in [5.74, 6) is 1.87. The van der Waals surface area contributed by atoms with Crippen molar-refractivity contribution in [1.29, 1.82) is 0 Å². The van der Waals surface area contributed by atoms with Crippen molar-refractivity contribution < 1.29 is 19.1 Å². The maximum atomic E-state index is 12.7. The summed E-state index contributed by atoms with van der Waals surface area (Å²) in [5, 5.41) is 7.69. The maximum Gasteiger partial charge on any atom is 0.309 e. The monoisotopic (exact) mass is 409 g/mol. The molecule has 1 aromatic heterocycles. The molecule has 0 radical (unpaired) electrons. The zero-order valence-corrected chi connectivity index (χ0v) is 17.5. The summed E-state index contributed by atoms with van der Waals surface area (Å²) in [6.07, 6.45) is 4.78. The van der Waals surface area contributed by atoms with Crippen LogP contribution in [0, 0.1) is 5.92 Å². The van der Waals surface area contributed by atoms with Gasteiger partial charge in [-0.2, -0.15) is 16.9 Å². The third-order valence-corrected chi connectivity index (χ3v) is 6.33. The van der Waals surface area contributed by atoms with Crippen LogP contribution in [-0.4, -0.2) is 59.5 Å². The van der Waals surface area contributed by atoms with E-state index in [1.807, 2.05) is 23.4 Å². The van der Waals surface area contributed by atoms with Gasteiger partial charge in [0, 0.05) is 38.5 Å². The number of amides is 1. The Bertz CT molecular complexity index is 671. The normalized spacial score (nSPS) is 20.9. The first kappa shape index (κ1) is 21.2. The quantitative estimate of drug-likeness (QED) is 0.573. The topological polar surface area (TPSA) is 82.5 Å². The van der Waals surface area contributed by atoms with Gasteiger partial charge in [-0.25, -0.2) is 0 Å². The number of rotatable bonds is 6. The Morgan fingerprint density at radius 2 is 2.25 bits per heavy atom. The largest absolute Gasteiger partial charge is 0.465 e. The number of carbonyl (C=O) groups excluding carboxylic acids is 2. The molecule has 1 unspecified atom stereocenters. The summed E-state index contributed by atoms with van der Waals surface area (Å²) in [4.78, 5) is 24.8. The van der Waals surface area contributed by atoms with Crippen molar-refractivity contribution in [1.82, 2.24) is 15.1 Å². The van der Waals surface area contributed by atoms with E-state index in [4.69, 9.17) is 14.6 Å². The van der Waals surface area contributed by atoms with Crippen molar-refractivity contribution in [2.45, 2.75) is 52.0 Å². The molecule has 1 atom stereocenters. The SMILES string of the molecule is CCc1nn(CCCOC(=O)C2CCSC2)c2c1C(=O)NCCCOCCC2. The second kappa shape index (κ2) is 10.9. The minimum Gasteiger partial charge on any atom is -0.465 e. The van der Waals surface area contributed by atoms with Crippen molar-refractivity contribution in [3.8, 4) is 0 Å². The Morgan fingerprint density at radius 3 is 3.04 bits per heavy atom. The third-order valence-electron chi connectivity index (χ3n) is 5.17. The Balaban J connectivity index is 1.63. The Labute approximate surface area is 170 Å². The van der Waals surface area contributed by atoms with Crippen LogP contribution in [0.2, 0.25) is 0 Å². The molecular weight excluding hydrogens is 378 g/mol. The van der Waals surface area contributed by atoms with Gasteiger partial charge >= 0.3 is 5.97 Å². The van der Waals surface area contributed by atoms with Crippen molar-refractivity contribution in [2.24, 2.45) is 5.92 Å². The molecule has 1 amide bonds. The molecule has 8 heteroatoms. The zero-order valence-electron chi connectivity index (χ0n) is 16.7. The first-order chi connectivity index (χ1) is 13.7. The van der Waals surface area contributed by atoms with Crippen molar-refractivity contribution in [3.05, 3.63) is 17.0 Å². The highest BCUT2D eigenvalue weighted by Gasteiger charge is 2.25. The summed E-state index contributed by atoms with van der Waals surface area (Å²) < 4.78 is 13.0. The van der Waals surface area contributed by atoms with Crippen LogP contribution in [0.5, 0.6) is 0 Å². The van der Waals surface area contributed by atoms with E-state index in [9.17, 15) is 9.59 Å². The summed E-state index contributed by atoms with van der Waals surface area (Å²) in [7, 11) is 0. The smallest absolute Gasteiger partial charge is 0.309 e. The maximum absolute atomic E-state index is 12.7. The number of nitrogens with one attached hydrogen (secondary N) is 1. The standard InChI is InChI=1S/C20H31N3O4S/c1-2-16-18-17(6-3-10-26-11-4-8-21-19(18)24)23(22-16)9-5-12-27-20(25)15-7-13-28-14-15/h15H,2-14H2,1H3,(H,21,24). The predicted molar refractivity (Wildman–Crippen MR) is 109 cm³/mol. The fourth-order valence-corrected chi connectivity index (χ4v) is 4.84. The van der Waals surface area contributed by atoms with Crippen LogP contribution in [-0.2, 0) is 33.7 Å². The molecule has 28 heavy (non-hydrogen) atoms. The molecule has 0 aromatic carbocycles. The van der Waals surface area contributed by atoms with Gasteiger partial charge in [-0.1, -0.05) is 6.92 Å². The Hall–Kier alpha value is -1.54. The molecule has 0 bridgehead atoms. The molecule has 1 N–H and O–H groups in total. The van der Waals surface area contributed by atoms with E-state index in [0.29, 0.717) is 45.8 Å². The van der Waals surface area contributed by atoms with Gasteiger partial charge in [-0.15, -0.1) is 0 Å². The van der Waals surface area contributed by atoms with E-state index in [2.05, 4.69) is 5.32 Å². The van der Waals surface area contributed by atoms with Crippen molar-refractivity contribution in [2.75, 3.05) is 37.9 Å². The molecule has 3 heterocycles. The number of hydrogen-bond acceptors (Lipinski definition) is 6. The van der Waals surface area contributed by atoms with E-state index < -0.39 is 0 Å². The van der Waals surface area contributed by atoms with Gasteiger partial charge in [0.05, 0.1) is 29.5 Å². The van der Waals surface area contributed by atoms with Crippen LogP contribution in [0.4, 0.5) is 0 Å². The first-order valence-corrected chi connectivity index (χ1v) is 11.5. The van der Waals surface area contributed by atoms with Crippen LogP contribution in [0.1, 0.15) is 54.4 Å². The van der Waals surface area contributed by atoms with Gasteiger partial charge < -0.3 is 14.8 Å². The number of aryl methyl sites for hydroxylation is 2. The molecular formula is C20H31N3O4S. The van der Waals surface area contributed by atoms with E-state index in [-0.39, 0.29) is 17.8 Å². The van der Waals surface area contributed by atoms with Crippen LogP contribution in [0.3, 0.4) is 0 Å². The van der Waals surface area contributed by atoms with Gasteiger partial charge in [0.15, 0.2) is 0 Å². The van der Waals surface area contributed by atoms with Gasteiger partial charge in [0.25, 0.3) is 5.91 Å². The number of ether oxygens (including phenoxy) is 2. The zero-order chi connectivity index (χ0) is 19.8. The number of carbonyl (C=O) groups is 2. The van der Waals surface area contributed by atoms with E-state index >= 15 is 0 Å². The number of nitrogens with zero attached hydrogens (tertiary/aromatic N) is 2. The molecule has 0 aliphatic carbocycles. The Kier molecular flexibility index (Phi) is 8.21. The Morgan fingerprint density at radius 1 is 1.39 bits per heavy atom. The lowest BCUT2D eigenvalue weighted by atomic mass is 10.1. The molecule has 0 spiro atoms. The number of hydrogen-bond donors (Lipinski definition) is 1. The molecule has 2 aliphatic rings. The van der Waals surface area contributed by atoms with Crippen LogP contribution < -0.4 is 5.32 Å². The molecule has 2 aliphatic heterocycles. The molecule has 3 rings (SSSR count). The molecule has 156 valence electrons. The highest BCUT2D eigenvalue weighted by atomic mass is 32.2. The second-order valence-electron chi connectivity index (χ2n) is 7.25. The highest BCUT2D eigenvalue weighted by Crippen LogP contribution is 2.24. The molecule has 7 nitrogen and oxygen atoms in total. The number of aromatic nitrogens is 2. The van der Waals surface area contributed by atoms with Gasteiger partial charge in [0.2, 0.25) is 0 Å². The van der Waals surface area contributed by atoms with Crippen LogP contribution in [0.15, 0.2) is 0 Å². The van der Waals surface area contributed by atoms with Crippen LogP contribution in [0.25, 0.3) is 0 Å². The lowest BCUT2D eigenvalue weighted by Crippen LogP contribution is -2.26. The molecule has 1 aromatic rings. The van der Waals surface area contributed by atoms with Crippen molar-refractivity contribution in [3.63, 3.8) is 0 Å². The van der Waals surface area contributed by atoms with Gasteiger partial charge in [-0.3, -0.25) is 14.3 Å². The molecule has 1 saturated heterocycles. The second-order valence-corrected chi connectivity index (χ2v) is 8.40. The third kappa shape index (κ3) is 5.50. The van der Waals surface area contributed by atoms with Crippen LogP contribution >= 0.6 is 11.8 Å². The predicted octanol–water partition coefficient (Wildman–Crippen LogP) is 2.21. The molecule has 1 fully saturated rings. The average Bonchev–Trinajstić information content (AvgIpc) is 3.34. The highest BCUT2D eigenvalue weighted by molar-refractivity contribution is 7.99. The lowest BCUT2D eigenvalue weighted by molar-refractivity contribution is -0.147. The minimum absolute atomic E-state index is 0.0369. The number of fused-ring (bicyclic) bond motifs is 1. The van der Waals surface area contributed by atoms with Gasteiger partial charge in [0.1, 0.15) is 0 Å². The first-order valence-electron chi connectivity index (χ1n) is 10.4. The summed E-state index contributed by atoms with van der Waals surface area (Å²) >= 11 is 1.81. The van der Waals surface area contributed by atoms with E-state index in [1.54, 1.807) is 0 Å². The summed E-state index contributed by atoms with van der Waals surface area (Å²) in [5.41, 5.74) is 2.54. The van der Waals surface area contributed by atoms with Crippen molar-refractivity contribution >= 4 is 23.6 Å². The minimum atomic E-state index is -0.0736.